The Labute approximate surface area is 156 Å². The first-order chi connectivity index (χ1) is 12.5. The number of nitrogens with two attached hydrogens (primary N) is 1. The van der Waals surface area contributed by atoms with Gasteiger partial charge in [-0.2, -0.15) is 22.3 Å². The van der Waals surface area contributed by atoms with Crippen molar-refractivity contribution in [1.82, 2.24) is 8.61 Å². The summed E-state index contributed by atoms with van der Waals surface area (Å²) in [6, 6.07) is 9.73. The number of nitrogens with zero attached hydrogens (tertiary/aromatic N) is 3. The van der Waals surface area contributed by atoms with Gasteiger partial charge in [0.1, 0.15) is 0 Å². The van der Waals surface area contributed by atoms with Crippen molar-refractivity contribution < 1.29 is 8.42 Å². The third kappa shape index (κ3) is 4.44. The van der Waals surface area contributed by atoms with E-state index in [2.05, 4.69) is 6.07 Å². The summed E-state index contributed by atoms with van der Waals surface area (Å²) in [6.07, 6.45) is 4.52. The van der Waals surface area contributed by atoms with Crippen LogP contribution in [-0.4, -0.2) is 49.8 Å². The lowest BCUT2D eigenvalue weighted by atomic mass is 9.92. The summed E-state index contributed by atoms with van der Waals surface area (Å²) in [5.74, 6) is 0.778. The monoisotopic (exact) mass is 376 g/mol. The molecular weight excluding hydrogens is 348 g/mol. The predicted octanol–water partition coefficient (Wildman–Crippen LogP) is 1.73. The Kier molecular flexibility index (Phi) is 6.30. The van der Waals surface area contributed by atoms with Crippen molar-refractivity contribution in [3.8, 4) is 6.07 Å². The van der Waals surface area contributed by atoms with E-state index in [1.54, 1.807) is 8.61 Å². The van der Waals surface area contributed by atoms with Crippen molar-refractivity contribution in [2.75, 3.05) is 32.7 Å². The van der Waals surface area contributed by atoms with Gasteiger partial charge in [-0.05, 0) is 68.2 Å². The van der Waals surface area contributed by atoms with Gasteiger partial charge in [0.15, 0.2) is 0 Å². The number of hydrogen-bond acceptors (Lipinski definition) is 4. The van der Waals surface area contributed by atoms with E-state index in [1.807, 2.05) is 24.3 Å². The van der Waals surface area contributed by atoms with Gasteiger partial charge >= 0.3 is 0 Å². The van der Waals surface area contributed by atoms with E-state index in [9.17, 15) is 8.42 Å². The molecule has 2 N–H and O–H groups in total. The van der Waals surface area contributed by atoms with E-state index in [1.165, 1.54) is 0 Å². The van der Waals surface area contributed by atoms with Crippen LogP contribution in [0.3, 0.4) is 0 Å². The number of piperidine rings is 2. The first kappa shape index (κ1) is 19.3. The topological polar surface area (TPSA) is 90.4 Å². The Bertz CT molecular complexity index is 734. The van der Waals surface area contributed by atoms with Gasteiger partial charge in [-0.3, -0.25) is 0 Å². The Morgan fingerprint density at radius 3 is 2.35 bits per heavy atom. The molecule has 142 valence electrons. The average molecular weight is 377 g/mol. The second-order valence-corrected chi connectivity index (χ2v) is 9.39. The fourth-order valence-electron chi connectivity index (χ4n) is 3.99. The van der Waals surface area contributed by atoms with Gasteiger partial charge in [0.05, 0.1) is 11.6 Å². The largest absolute Gasteiger partial charge is 0.330 e. The van der Waals surface area contributed by atoms with Crippen LogP contribution in [0.1, 0.15) is 36.8 Å². The molecule has 1 atom stereocenters. The molecule has 1 aromatic rings. The van der Waals surface area contributed by atoms with Gasteiger partial charge in [-0.1, -0.05) is 12.1 Å². The highest BCUT2D eigenvalue weighted by Crippen LogP contribution is 2.26. The second-order valence-electron chi connectivity index (χ2n) is 7.47. The fraction of sp³-hybridized carbons (Fsp3) is 0.632. The first-order valence-electron chi connectivity index (χ1n) is 9.47. The van der Waals surface area contributed by atoms with Crippen molar-refractivity contribution >= 4 is 10.2 Å². The summed E-state index contributed by atoms with van der Waals surface area (Å²) in [4.78, 5) is 0. The molecule has 0 radical (unpaired) electrons. The molecule has 1 unspecified atom stereocenters. The normalized spacial score (nSPS) is 23.6. The number of hydrogen-bond donors (Lipinski definition) is 1. The number of benzene rings is 1. The van der Waals surface area contributed by atoms with Crippen molar-refractivity contribution in [3.63, 3.8) is 0 Å². The lowest BCUT2D eigenvalue weighted by Crippen LogP contribution is -2.50. The standard InChI is InChI=1S/C19H28N4O2S/c20-13-17-5-3-16(4-6-17)12-19-2-1-9-23(15-19)26(24,25)22-10-7-18(14-21)8-11-22/h3-6,18-19H,1-2,7-12,14-15,21H2. The molecule has 0 saturated carbocycles. The van der Waals surface area contributed by atoms with Crippen molar-refractivity contribution in [2.45, 2.75) is 32.1 Å². The van der Waals surface area contributed by atoms with E-state index >= 15 is 0 Å². The summed E-state index contributed by atoms with van der Waals surface area (Å²) >= 11 is 0. The number of nitriles is 1. The van der Waals surface area contributed by atoms with Gasteiger partial charge in [-0.25, -0.2) is 0 Å². The summed E-state index contributed by atoms with van der Waals surface area (Å²) in [6.45, 7) is 3.01. The highest BCUT2D eigenvalue weighted by Gasteiger charge is 2.35. The quantitative estimate of drug-likeness (QED) is 0.847. The molecule has 0 aliphatic carbocycles. The van der Waals surface area contributed by atoms with Crippen molar-refractivity contribution in [3.05, 3.63) is 35.4 Å². The molecule has 2 aliphatic heterocycles. The average Bonchev–Trinajstić information content (AvgIpc) is 2.69. The van der Waals surface area contributed by atoms with E-state index < -0.39 is 10.2 Å². The lowest BCUT2D eigenvalue weighted by Gasteiger charge is -2.38. The maximum Gasteiger partial charge on any atom is 0.281 e. The van der Waals surface area contributed by atoms with Gasteiger partial charge < -0.3 is 5.73 Å². The molecule has 1 aromatic carbocycles. The van der Waals surface area contributed by atoms with E-state index in [-0.39, 0.29) is 0 Å². The molecule has 6 nitrogen and oxygen atoms in total. The SMILES string of the molecule is N#Cc1ccc(CC2CCCN(S(=O)(=O)N3CCC(CN)CC3)C2)cc1. The van der Waals surface area contributed by atoms with Gasteiger partial charge in [0, 0.05) is 26.2 Å². The van der Waals surface area contributed by atoms with Crippen molar-refractivity contribution in [2.24, 2.45) is 17.6 Å². The molecule has 2 aliphatic rings. The second kappa shape index (κ2) is 8.49. The van der Waals surface area contributed by atoms with Crippen LogP contribution in [0.25, 0.3) is 0 Å². The Morgan fingerprint density at radius 1 is 1.04 bits per heavy atom. The maximum absolute atomic E-state index is 13.0. The highest BCUT2D eigenvalue weighted by atomic mass is 32.2. The van der Waals surface area contributed by atoms with Gasteiger partial charge in [0.2, 0.25) is 0 Å². The first-order valence-corrected chi connectivity index (χ1v) is 10.9. The van der Waals surface area contributed by atoms with E-state index in [0.717, 1.165) is 37.7 Å². The summed E-state index contributed by atoms with van der Waals surface area (Å²) in [7, 11) is -3.37. The third-order valence-electron chi connectivity index (χ3n) is 5.65. The Hall–Kier alpha value is -1.46. The minimum absolute atomic E-state index is 0.327. The molecule has 0 bridgehead atoms. The molecule has 2 heterocycles. The molecule has 0 spiro atoms. The van der Waals surface area contributed by atoms with Crippen LogP contribution in [-0.2, 0) is 16.6 Å². The molecule has 3 rings (SSSR count). The van der Waals surface area contributed by atoms with Crippen LogP contribution in [0.15, 0.2) is 24.3 Å². The van der Waals surface area contributed by atoms with Crippen LogP contribution >= 0.6 is 0 Å². The van der Waals surface area contributed by atoms with Crippen LogP contribution in [0.4, 0.5) is 0 Å². The zero-order valence-corrected chi connectivity index (χ0v) is 16.0. The molecule has 2 fully saturated rings. The third-order valence-corrected chi connectivity index (χ3v) is 7.65. The molecule has 7 heteroatoms. The van der Waals surface area contributed by atoms with Crippen LogP contribution in [0.5, 0.6) is 0 Å². The van der Waals surface area contributed by atoms with Crippen LogP contribution < -0.4 is 5.73 Å². The number of rotatable bonds is 5. The van der Waals surface area contributed by atoms with E-state index in [0.29, 0.717) is 50.1 Å². The highest BCUT2D eigenvalue weighted by molar-refractivity contribution is 7.86. The zero-order valence-electron chi connectivity index (χ0n) is 15.2. The fourth-order valence-corrected chi connectivity index (χ4v) is 5.75. The molecule has 0 amide bonds. The minimum atomic E-state index is -3.37. The van der Waals surface area contributed by atoms with Crippen molar-refractivity contribution in [1.29, 1.82) is 5.26 Å². The zero-order chi connectivity index (χ0) is 18.6. The lowest BCUT2D eigenvalue weighted by molar-refractivity contribution is 0.223. The molecule has 0 aromatic heterocycles. The van der Waals surface area contributed by atoms with Crippen LogP contribution in [0.2, 0.25) is 0 Å². The van der Waals surface area contributed by atoms with Gasteiger partial charge in [-0.15, -0.1) is 0 Å². The summed E-state index contributed by atoms with van der Waals surface area (Å²) in [5, 5.41) is 8.90. The van der Waals surface area contributed by atoms with Gasteiger partial charge in [0.25, 0.3) is 10.2 Å². The smallest absolute Gasteiger partial charge is 0.281 e. The molecular formula is C19H28N4O2S. The minimum Gasteiger partial charge on any atom is -0.330 e. The van der Waals surface area contributed by atoms with E-state index in [4.69, 9.17) is 11.0 Å². The molecule has 26 heavy (non-hydrogen) atoms. The maximum atomic E-state index is 13.0. The van der Waals surface area contributed by atoms with Crippen LogP contribution in [0, 0.1) is 23.2 Å². The Balaban J connectivity index is 1.61. The molecule has 2 saturated heterocycles. The predicted molar refractivity (Wildman–Crippen MR) is 101 cm³/mol. The Morgan fingerprint density at radius 2 is 1.73 bits per heavy atom. The summed E-state index contributed by atoms with van der Waals surface area (Å²) in [5.41, 5.74) is 7.53. The summed E-state index contributed by atoms with van der Waals surface area (Å²) < 4.78 is 29.3.